The number of amides is 1. The molecule has 0 spiro atoms. The lowest BCUT2D eigenvalue weighted by Crippen LogP contribution is -2.26. The maximum absolute atomic E-state index is 12.1. The first-order valence-corrected chi connectivity index (χ1v) is 8.60. The molecule has 1 amide bonds. The Morgan fingerprint density at radius 3 is 2.82 bits per heavy atom. The van der Waals surface area contributed by atoms with Gasteiger partial charge in [0, 0.05) is 12.6 Å². The molecule has 0 fully saturated rings. The lowest BCUT2D eigenvalue weighted by atomic mass is 10.1. The third-order valence-electron chi connectivity index (χ3n) is 4.40. The number of aromatic nitrogens is 4. The number of carbonyl (C=O) groups excluding carboxylic acids is 1. The van der Waals surface area contributed by atoms with Gasteiger partial charge in [0.15, 0.2) is 5.76 Å². The summed E-state index contributed by atoms with van der Waals surface area (Å²) in [5, 5.41) is 6.72. The van der Waals surface area contributed by atoms with Crippen LogP contribution in [0.4, 0.5) is 0 Å². The minimum absolute atomic E-state index is 0.136. The highest BCUT2D eigenvalue weighted by molar-refractivity contribution is 5.91. The first-order chi connectivity index (χ1) is 13.4. The molecule has 0 bridgehead atoms. The molecule has 3 heterocycles. The molecular weight excluding hydrogens is 362 g/mol. The third-order valence-corrected chi connectivity index (χ3v) is 4.40. The summed E-state index contributed by atoms with van der Waals surface area (Å²) >= 11 is 0. The van der Waals surface area contributed by atoms with E-state index in [1.165, 1.54) is 6.26 Å². The summed E-state index contributed by atoms with van der Waals surface area (Å²) in [6, 6.07) is 8.08. The topological polar surface area (TPSA) is 116 Å². The number of benzene rings is 1. The number of carbonyl (C=O) groups is 1. The fourth-order valence-electron chi connectivity index (χ4n) is 2.88. The number of nitrogens with one attached hydrogen (secondary N) is 1. The van der Waals surface area contributed by atoms with Gasteiger partial charge in [0.05, 0.1) is 17.3 Å². The Balaban J connectivity index is 1.61. The molecule has 0 aliphatic rings. The quantitative estimate of drug-likeness (QED) is 0.578. The van der Waals surface area contributed by atoms with Gasteiger partial charge in [0.2, 0.25) is 11.7 Å². The van der Waals surface area contributed by atoms with E-state index in [4.69, 9.17) is 8.94 Å². The fraction of sp³-hybridized carbons (Fsp3) is 0.211. The number of fused-ring (bicyclic) bond motifs is 1. The minimum atomic E-state index is -0.500. The van der Waals surface area contributed by atoms with E-state index in [1.807, 2.05) is 0 Å². The highest BCUT2D eigenvalue weighted by Crippen LogP contribution is 2.22. The summed E-state index contributed by atoms with van der Waals surface area (Å²) in [4.78, 5) is 32.8. The SMILES string of the molecule is Cc1nc2cc(-c3noc(C(C)NC(=O)c4ccco4)n3)ccc2n(C)c1=O. The van der Waals surface area contributed by atoms with Crippen molar-refractivity contribution in [1.29, 1.82) is 0 Å². The number of aryl methyl sites for hydroxylation is 2. The number of hydrogen-bond donors (Lipinski definition) is 1. The van der Waals surface area contributed by atoms with Crippen LogP contribution in [0.3, 0.4) is 0 Å². The standard InChI is InChI=1S/C19H17N5O4/c1-10(21-17(25)15-5-4-8-27-15)18-22-16(23-28-18)12-6-7-14-13(9-12)20-11(2)19(26)24(14)3/h4-10H,1-3H3,(H,21,25). The van der Waals surface area contributed by atoms with E-state index < -0.39 is 6.04 Å². The van der Waals surface area contributed by atoms with Gasteiger partial charge in [-0.2, -0.15) is 4.98 Å². The Morgan fingerprint density at radius 1 is 1.25 bits per heavy atom. The van der Waals surface area contributed by atoms with Gasteiger partial charge in [-0.05, 0) is 44.2 Å². The molecule has 1 aromatic carbocycles. The Kier molecular flexibility index (Phi) is 4.26. The normalized spacial score (nSPS) is 12.2. The van der Waals surface area contributed by atoms with Gasteiger partial charge >= 0.3 is 0 Å². The second kappa shape index (κ2) is 6.76. The summed E-state index contributed by atoms with van der Waals surface area (Å²) in [5.74, 6) is 0.459. The Morgan fingerprint density at radius 2 is 2.07 bits per heavy atom. The van der Waals surface area contributed by atoms with E-state index in [0.29, 0.717) is 28.1 Å². The summed E-state index contributed by atoms with van der Waals surface area (Å²) < 4.78 is 11.9. The first kappa shape index (κ1) is 17.7. The fourth-order valence-corrected chi connectivity index (χ4v) is 2.88. The zero-order chi connectivity index (χ0) is 19.8. The number of furan rings is 1. The maximum Gasteiger partial charge on any atom is 0.287 e. The third kappa shape index (κ3) is 3.07. The summed E-state index contributed by atoms with van der Waals surface area (Å²) in [6.07, 6.45) is 1.43. The molecule has 9 nitrogen and oxygen atoms in total. The van der Waals surface area contributed by atoms with Crippen LogP contribution in [0, 0.1) is 6.92 Å². The summed E-state index contributed by atoms with van der Waals surface area (Å²) in [7, 11) is 1.70. The molecule has 1 atom stereocenters. The van der Waals surface area contributed by atoms with Crippen molar-refractivity contribution in [3.8, 4) is 11.4 Å². The smallest absolute Gasteiger partial charge is 0.287 e. The molecular formula is C19H17N5O4. The van der Waals surface area contributed by atoms with Crippen molar-refractivity contribution in [2.75, 3.05) is 0 Å². The molecule has 3 aromatic heterocycles. The highest BCUT2D eigenvalue weighted by Gasteiger charge is 2.19. The Hall–Kier alpha value is -3.75. The molecule has 4 aromatic rings. The van der Waals surface area contributed by atoms with Crippen molar-refractivity contribution < 1.29 is 13.7 Å². The Labute approximate surface area is 159 Å². The van der Waals surface area contributed by atoms with Gasteiger partial charge in [-0.3, -0.25) is 9.59 Å². The van der Waals surface area contributed by atoms with Crippen molar-refractivity contribution in [3.05, 3.63) is 64.3 Å². The van der Waals surface area contributed by atoms with Crippen molar-refractivity contribution >= 4 is 16.9 Å². The molecule has 9 heteroatoms. The zero-order valence-electron chi connectivity index (χ0n) is 15.5. The van der Waals surface area contributed by atoms with E-state index in [0.717, 1.165) is 0 Å². The average Bonchev–Trinajstić information content (AvgIpc) is 3.37. The second-order valence-electron chi connectivity index (χ2n) is 6.39. The molecule has 1 unspecified atom stereocenters. The molecule has 0 aliphatic heterocycles. The summed E-state index contributed by atoms with van der Waals surface area (Å²) in [5.41, 5.74) is 2.33. The van der Waals surface area contributed by atoms with Crippen molar-refractivity contribution in [2.45, 2.75) is 19.9 Å². The predicted octanol–water partition coefficient (Wildman–Crippen LogP) is 2.38. The van der Waals surface area contributed by atoms with E-state index in [1.54, 1.807) is 55.8 Å². The van der Waals surface area contributed by atoms with Crippen LogP contribution in [0.25, 0.3) is 22.4 Å². The Bertz CT molecular complexity index is 1220. The van der Waals surface area contributed by atoms with Gasteiger partial charge in [-0.1, -0.05) is 5.16 Å². The predicted molar refractivity (Wildman–Crippen MR) is 99.6 cm³/mol. The maximum atomic E-state index is 12.1. The number of hydrogen-bond acceptors (Lipinski definition) is 7. The molecule has 4 rings (SSSR count). The van der Waals surface area contributed by atoms with Crippen molar-refractivity contribution in [3.63, 3.8) is 0 Å². The molecule has 142 valence electrons. The second-order valence-corrected chi connectivity index (χ2v) is 6.39. The van der Waals surface area contributed by atoms with Gasteiger partial charge in [0.1, 0.15) is 11.7 Å². The number of rotatable bonds is 4. The van der Waals surface area contributed by atoms with E-state index in [2.05, 4.69) is 20.4 Å². The minimum Gasteiger partial charge on any atom is -0.459 e. The van der Waals surface area contributed by atoms with Crippen molar-refractivity contribution in [1.82, 2.24) is 25.0 Å². The van der Waals surface area contributed by atoms with Crippen LogP contribution >= 0.6 is 0 Å². The molecule has 0 saturated carbocycles. The van der Waals surface area contributed by atoms with E-state index >= 15 is 0 Å². The highest BCUT2D eigenvalue weighted by atomic mass is 16.5. The number of nitrogens with zero attached hydrogens (tertiary/aromatic N) is 4. The van der Waals surface area contributed by atoms with Crippen LogP contribution in [-0.2, 0) is 7.05 Å². The van der Waals surface area contributed by atoms with Crippen LogP contribution in [0.15, 0.2) is 50.3 Å². The zero-order valence-corrected chi connectivity index (χ0v) is 15.5. The van der Waals surface area contributed by atoms with Gasteiger partial charge < -0.3 is 18.8 Å². The van der Waals surface area contributed by atoms with Crippen LogP contribution in [-0.4, -0.2) is 25.6 Å². The van der Waals surface area contributed by atoms with E-state index in [-0.39, 0.29) is 23.1 Å². The van der Waals surface area contributed by atoms with Crippen LogP contribution in [0.5, 0.6) is 0 Å². The lowest BCUT2D eigenvalue weighted by Gasteiger charge is -2.07. The molecule has 0 aliphatic carbocycles. The summed E-state index contributed by atoms with van der Waals surface area (Å²) in [6.45, 7) is 3.41. The van der Waals surface area contributed by atoms with Gasteiger partial charge in [-0.15, -0.1) is 0 Å². The molecule has 1 N–H and O–H groups in total. The molecule has 0 radical (unpaired) electrons. The van der Waals surface area contributed by atoms with Crippen LogP contribution in [0.2, 0.25) is 0 Å². The van der Waals surface area contributed by atoms with Gasteiger partial charge in [-0.25, -0.2) is 4.98 Å². The monoisotopic (exact) mass is 379 g/mol. The first-order valence-electron chi connectivity index (χ1n) is 8.60. The van der Waals surface area contributed by atoms with Crippen molar-refractivity contribution in [2.24, 2.45) is 7.05 Å². The average molecular weight is 379 g/mol. The van der Waals surface area contributed by atoms with Gasteiger partial charge in [0.25, 0.3) is 11.5 Å². The van der Waals surface area contributed by atoms with Crippen LogP contribution < -0.4 is 10.9 Å². The largest absolute Gasteiger partial charge is 0.459 e. The lowest BCUT2D eigenvalue weighted by molar-refractivity contribution is 0.0904. The molecule has 28 heavy (non-hydrogen) atoms. The van der Waals surface area contributed by atoms with Crippen LogP contribution in [0.1, 0.15) is 35.1 Å². The van der Waals surface area contributed by atoms with E-state index in [9.17, 15) is 9.59 Å². The molecule has 0 saturated heterocycles.